The molecular weight excluding hydrogens is 428 g/mol. The van der Waals surface area contributed by atoms with Crippen LogP contribution in [0.15, 0.2) is 73.1 Å². The molecule has 0 aliphatic rings. The van der Waals surface area contributed by atoms with Gasteiger partial charge in [-0.1, -0.05) is 6.07 Å². The molecule has 2 amide bonds. The molecule has 2 N–H and O–H groups in total. The first kappa shape index (κ1) is 21.0. The number of aromatic nitrogens is 2. The fourth-order valence-electron chi connectivity index (χ4n) is 2.86. The van der Waals surface area contributed by atoms with Crippen LogP contribution in [0.4, 0.5) is 33.7 Å². The van der Waals surface area contributed by atoms with Gasteiger partial charge in [-0.15, -0.1) is 0 Å². The second kappa shape index (κ2) is 8.50. The fraction of sp³-hybridized carbons (Fsp3) is 0.0455. The number of nitrogens with one attached hydrogen (secondary N) is 2. The Bertz CT molecular complexity index is 1290. The van der Waals surface area contributed by atoms with E-state index >= 15 is 0 Å². The summed E-state index contributed by atoms with van der Waals surface area (Å²) in [5, 5.41) is 4.74. The number of nitrogens with zero attached hydrogens (tertiary/aromatic N) is 2. The molecule has 0 unspecified atom stereocenters. The van der Waals surface area contributed by atoms with Gasteiger partial charge >= 0.3 is 12.2 Å². The Labute approximate surface area is 178 Å². The minimum Gasteiger partial charge on any atom is -0.454 e. The number of anilines is 2. The van der Waals surface area contributed by atoms with Crippen LogP contribution in [-0.4, -0.2) is 16.0 Å². The zero-order valence-electron chi connectivity index (χ0n) is 16.2. The summed E-state index contributed by atoms with van der Waals surface area (Å²) in [6.07, 6.45) is -1.48. The van der Waals surface area contributed by atoms with Crippen molar-refractivity contribution in [3.8, 4) is 11.5 Å². The van der Waals surface area contributed by atoms with Gasteiger partial charge in [0.1, 0.15) is 5.75 Å². The minimum absolute atomic E-state index is 0.0480. The van der Waals surface area contributed by atoms with E-state index in [9.17, 15) is 22.4 Å². The van der Waals surface area contributed by atoms with E-state index in [4.69, 9.17) is 4.74 Å². The number of carbonyl (C=O) groups excluding carboxylic acids is 1. The van der Waals surface area contributed by atoms with Crippen LogP contribution in [0.2, 0.25) is 0 Å². The number of benzene rings is 3. The summed E-state index contributed by atoms with van der Waals surface area (Å²) in [5.41, 5.74) is 0.426. The topological polar surface area (TPSA) is 76.1 Å². The quantitative estimate of drug-likeness (QED) is 0.368. The van der Waals surface area contributed by atoms with E-state index in [-0.39, 0.29) is 17.1 Å². The summed E-state index contributed by atoms with van der Waals surface area (Å²) in [7, 11) is 0. The van der Waals surface area contributed by atoms with Gasteiger partial charge in [-0.3, -0.25) is 9.97 Å². The molecule has 0 spiro atoms. The van der Waals surface area contributed by atoms with Crippen LogP contribution in [0.3, 0.4) is 0 Å². The lowest BCUT2D eigenvalue weighted by Gasteiger charge is -2.12. The molecule has 0 fully saturated rings. The lowest BCUT2D eigenvalue weighted by Crippen LogP contribution is -2.19. The molecule has 0 atom stereocenters. The highest BCUT2D eigenvalue weighted by Crippen LogP contribution is 2.31. The number of hydrogen-bond acceptors (Lipinski definition) is 4. The number of rotatable bonds is 4. The van der Waals surface area contributed by atoms with Crippen molar-refractivity contribution in [2.75, 3.05) is 10.6 Å². The van der Waals surface area contributed by atoms with Crippen LogP contribution in [-0.2, 0) is 6.18 Å². The number of ether oxygens (including phenoxy) is 1. The van der Waals surface area contributed by atoms with Crippen molar-refractivity contribution in [1.82, 2.24) is 9.97 Å². The molecule has 3 aromatic carbocycles. The standard InChI is InChI=1S/C22H14F4N4O2/c23-17-6-4-15(30-21(31)29-14-3-1-2-13(10-14)22(24,25)26)11-20(17)32-16-5-7-18-19(12-16)28-9-8-27-18/h1-12H,(H2,29,30,31). The molecule has 0 aliphatic heterocycles. The maximum absolute atomic E-state index is 14.2. The Kier molecular flexibility index (Phi) is 5.59. The second-order valence-corrected chi connectivity index (χ2v) is 6.61. The average Bonchev–Trinajstić information content (AvgIpc) is 2.75. The second-order valence-electron chi connectivity index (χ2n) is 6.61. The lowest BCUT2D eigenvalue weighted by molar-refractivity contribution is -0.137. The van der Waals surface area contributed by atoms with Gasteiger partial charge in [0.15, 0.2) is 11.6 Å². The van der Waals surface area contributed by atoms with E-state index < -0.39 is 23.6 Å². The highest BCUT2D eigenvalue weighted by Gasteiger charge is 2.30. The SMILES string of the molecule is O=C(Nc1cccc(C(F)(F)F)c1)Nc1ccc(F)c(Oc2ccc3nccnc3c2)c1. The molecule has 32 heavy (non-hydrogen) atoms. The van der Waals surface area contributed by atoms with Crippen LogP contribution in [0, 0.1) is 5.82 Å². The highest BCUT2D eigenvalue weighted by molar-refractivity contribution is 5.99. The number of hydrogen-bond donors (Lipinski definition) is 2. The summed E-state index contributed by atoms with van der Waals surface area (Å²) in [6, 6.07) is 11.9. The van der Waals surface area contributed by atoms with Gasteiger partial charge < -0.3 is 15.4 Å². The third-order valence-corrected chi connectivity index (χ3v) is 4.31. The Hall–Kier alpha value is -4.21. The molecule has 10 heteroatoms. The normalized spacial score (nSPS) is 11.2. The van der Waals surface area contributed by atoms with Crippen LogP contribution < -0.4 is 15.4 Å². The average molecular weight is 442 g/mol. The third kappa shape index (κ3) is 4.91. The lowest BCUT2D eigenvalue weighted by atomic mass is 10.2. The smallest absolute Gasteiger partial charge is 0.416 e. The molecule has 4 rings (SSSR count). The predicted octanol–water partition coefficient (Wildman–Crippen LogP) is 6.22. The molecule has 162 valence electrons. The summed E-state index contributed by atoms with van der Waals surface area (Å²) in [6.45, 7) is 0. The van der Waals surface area contributed by atoms with Gasteiger partial charge in [0, 0.05) is 35.9 Å². The van der Waals surface area contributed by atoms with Crippen LogP contribution in [0.25, 0.3) is 11.0 Å². The van der Waals surface area contributed by atoms with E-state index in [2.05, 4.69) is 20.6 Å². The zero-order valence-corrected chi connectivity index (χ0v) is 16.2. The van der Waals surface area contributed by atoms with Crippen molar-refractivity contribution in [2.45, 2.75) is 6.18 Å². The third-order valence-electron chi connectivity index (χ3n) is 4.31. The van der Waals surface area contributed by atoms with Gasteiger partial charge in [-0.25, -0.2) is 9.18 Å². The first-order valence-electron chi connectivity index (χ1n) is 9.21. The Morgan fingerprint density at radius 2 is 1.56 bits per heavy atom. The monoisotopic (exact) mass is 442 g/mol. The van der Waals surface area contributed by atoms with Crippen molar-refractivity contribution in [2.24, 2.45) is 0 Å². The minimum atomic E-state index is -4.54. The Balaban J connectivity index is 1.48. The van der Waals surface area contributed by atoms with Gasteiger partial charge in [0.05, 0.1) is 16.6 Å². The van der Waals surface area contributed by atoms with E-state index in [0.717, 1.165) is 18.2 Å². The first-order chi connectivity index (χ1) is 15.3. The number of alkyl halides is 3. The van der Waals surface area contributed by atoms with E-state index in [1.807, 2.05) is 0 Å². The van der Waals surface area contributed by atoms with Crippen molar-refractivity contribution in [3.05, 3.63) is 84.4 Å². The van der Waals surface area contributed by atoms with Gasteiger partial charge in [0.2, 0.25) is 0 Å². The fourth-order valence-corrected chi connectivity index (χ4v) is 2.86. The number of carbonyl (C=O) groups is 1. The van der Waals surface area contributed by atoms with Gasteiger partial charge in [-0.2, -0.15) is 13.2 Å². The zero-order chi connectivity index (χ0) is 22.7. The molecule has 0 aliphatic carbocycles. The van der Waals surface area contributed by atoms with Crippen LogP contribution in [0.5, 0.6) is 11.5 Å². The summed E-state index contributed by atoms with van der Waals surface area (Å²) >= 11 is 0. The number of amides is 2. The van der Waals surface area contributed by atoms with Crippen molar-refractivity contribution < 1.29 is 27.1 Å². The molecule has 1 heterocycles. The van der Waals surface area contributed by atoms with E-state index in [0.29, 0.717) is 16.8 Å². The van der Waals surface area contributed by atoms with Gasteiger partial charge in [-0.05, 0) is 42.5 Å². The Morgan fingerprint density at radius 3 is 2.31 bits per heavy atom. The molecule has 0 radical (unpaired) electrons. The first-order valence-corrected chi connectivity index (χ1v) is 9.21. The molecule has 0 saturated carbocycles. The number of urea groups is 1. The Morgan fingerprint density at radius 1 is 0.844 bits per heavy atom. The predicted molar refractivity (Wildman–Crippen MR) is 110 cm³/mol. The maximum atomic E-state index is 14.2. The molecule has 6 nitrogen and oxygen atoms in total. The van der Waals surface area contributed by atoms with Crippen molar-refractivity contribution in [1.29, 1.82) is 0 Å². The summed E-state index contributed by atoms with van der Waals surface area (Å²) < 4.78 is 58.2. The maximum Gasteiger partial charge on any atom is 0.416 e. The van der Waals surface area contributed by atoms with Crippen LogP contribution in [0.1, 0.15) is 5.56 Å². The van der Waals surface area contributed by atoms with E-state index in [1.165, 1.54) is 30.5 Å². The largest absolute Gasteiger partial charge is 0.454 e. The number of fused-ring (bicyclic) bond motifs is 1. The highest BCUT2D eigenvalue weighted by atomic mass is 19.4. The molecule has 4 aromatic rings. The molecule has 0 saturated heterocycles. The van der Waals surface area contributed by atoms with Crippen LogP contribution >= 0.6 is 0 Å². The van der Waals surface area contributed by atoms with Crippen molar-refractivity contribution >= 4 is 28.4 Å². The summed E-state index contributed by atoms with van der Waals surface area (Å²) in [4.78, 5) is 20.5. The molecule has 1 aromatic heterocycles. The summed E-state index contributed by atoms with van der Waals surface area (Å²) in [5.74, 6) is -0.527. The number of halogens is 4. The van der Waals surface area contributed by atoms with Crippen molar-refractivity contribution in [3.63, 3.8) is 0 Å². The molecular formula is C22H14F4N4O2. The molecule has 0 bridgehead atoms. The van der Waals surface area contributed by atoms with E-state index in [1.54, 1.807) is 24.4 Å². The van der Waals surface area contributed by atoms with Gasteiger partial charge in [0.25, 0.3) is 0 Å².